The van der Waals surface area contributed by atoms with Crippen LogP contribution in [0.5, 0.6) is 0 Å². The Labute approximate surface area is 133 Å². The fourth-order valence-electron chi connectivity index (χ4n) is 3.63. The third kappa shape index (κ3) is 2.95. The molecule has 1 atom stereocenters. The summed E-state index contributed by atoms with van der Waals surface area (Å²) in [6.07, 6.45) is 2.36. The van der Waals surface area contributed by atoms with E-state index < -0.39 is 5.41 Å². The molecular formula is C17H25ClN2O. The highest BCUT2D eigenvalue weighted by Crippen LogP contribution is 2.38. The molecule has 3 rings (SSSR count). The summed E-state index contributed by atoms with van der Waals surface area (Å²) in [7, 11) is 0. The monoisotopic (exact) mass is 308 g/mol. The Morgan fingerprint density at radius 1 is 1.24 bits per heavy atom. The van der Waals surface area contributed by atoms with Crippen molar-refractivity contribution in [3.8, 4) is 0 Å². The molecule has 0 radical (unpaired) electrons. The number of nitrogens with one attached hydrogen (secondary N) is 1. The smallest absolute Gasteiger partial charge is 0.232 e. The SMILES string of the molecule is CC(C)(C(=O)N1CCC2(CCNC2)C1)c1ccccc1.Cl. The summed E-state index contributed by atoms with van der Waals surface area (Å²) in [6, 6.07) is 10.1. The first-order valence-electron chi connectivity index (χ1n) is 7.59. The number of halogens is 1. The molecule has 0 saturated carbocycles. The van der Waals surface area contributed by atoms with Crippen molar-refractivity contribution in [2.45, 2.75) is 32.1 Å². The van der Waals surface area contributed by atoms with Crippen molar-refractivity contribution < 1.29 is 4.79 Å². The Morgan fingerprint density at radius 2 is 1.95 bits per heavy atom. The fraction of sp³-hybridized carbons (Fsp3) is 0.588. The number of likely N-dealkylation sites (tertiary alicyclic amines) is 1. The maximum absolute atomic E-state index is 12.9. The van der Waals surface area contributed by atoms with Crippen molar-refractivity contribution in [1.29, 1.82) is 0 Å². The molecule has 1 aromatic rings. The predicted octanol–water partition coefficient (Wildman–Crippen LogP) is 2.60. The number of rotatable bonds is 2. The number of nitrogens with zero attached hydrogens (tertiary/aromatic N) is 1. The molecule has 0 bridgehead atoms. The largest absolute Gasteiger partial charge is 0.341 e. The topological polar surface area (TPSA) is 32.3 Å². The van der Waals surface area contributed by atoms with Gasteiger partial charge < -0.3 is 10.2 Å². The van der Waals surface area contributed by atoms with E-state index in [1.807, 2.05) is 32.0 Å². The van der Waals surface area contributed by atoms with E-state index in [-0.39, 0.29) is 18.3 Å². The van der Waals surface area contributed by atoms with Gasteiger partial charge in [0, 0.05) is 25.0 Å². The summed E-state index contributed by atoms with van der Waals surface area (Å²) in [5.74, 6) is 0.271. The highest BCUT2D eigenvalue weighted by Gasteiger charge is 2.44. The molecule has 1 N–H and O–H groups in total. The Morgan fingerprint density at radius 3 is 2.57 bits per heavy atom. The van der Waals surface area contributed by atoms with Gasteiger partial charge in [0.15, 0.2) is 0 Å². The van der Waals surface area contributed by atoms with Gasteiger partial charge in [-0.3, -0.25) is 4.79 Å². The second-order valence-electron chi connectivity index (χ2n) is 6.89. The number of carbonyl (C=O) groups excluding carboxylic acids is 1. The number of hydrogen-bond donors (Lipinski definition) is 1. The first-order chi connectivity index (χ1) is 9.54. The van der Waals surface area contributed by atoms with E-state index >= 15 is 0 Å². The van der Waals surface area contributed by atoms with Crippen LogP contribution in [-0.4, -0.2) is 37.0 Å². The van der Waals surface area contributed by atoms with Crippen LogP contribution in [0.4, 0.5) is 0 Å². The third-order valence-corrected chi connectivity index (χ3v) is 5.09. The first-order valence-corrected chi connectivity index (χ1v) is 7.59. The zero-order valence-electron chi connectivity index (χ0n) is 12.9. The molecule has 1 spiro atoms. The lowest BCUT2D eigenvalue weighted by Gasteiger charge is -2.31. The maximum atomic E-state index is 12.9. The van der Waals surface area contributed by atoms with Crippen molar-refractivity contribution in [2.75, 3.05) is 26.2 Å². The molecule has 1 unspecified atom stereocenters. The molecule has 2 saturated heterocycles. The van der Waals surface area contributed by atoms with Gasteiger partial charge in [-0.05, 0) is 38.8 Å². The summed E-state index contributed by atoms with van der Waals surface area (Å²) < 4.78 is 0. The molecule has 1 amide bonds. The molecule has 116 valence electrons. The highest BCUT2D eigenvalue weighted by molar-refractivity contribution is 5.87. The second-order valence-corrected chi connectivity index (χ2v) is 6.89. The Balaban J connectivity index is 0.00000161. The third-order valence-electron chi connectivity index (χ3n) is 5.09. The normalized spacial score (nSPS) is 25.1. The van der Waals surface area contributed by atoms with Crippen molar-refractivity contribution in [3.05, 3.63) is 35.9 Å². The summed E-state index contributed by atoms with van der Waals surface area (Å²) in [4.78, 5) is 15.0. The minimum absolute atomic E-state index is 0. The van der Waals surface area contributed by atoms with E-state index in [1.54, 1.807) is 0 Å². The Kier molecular flexibility index (Phi) is 4.64. The van der Waals surface area contributed by atoms with Crippen LogP contribution < -0.4 is 5.32 Å². The quantitative estimate of drug-likeness (QED) is 0.911. The van der Waals surface area contributed by atoms with Crippen LogP contribution in [0.1, 0.15) is 32.3 Å². The summed E-state index contributed by atoms with van der Waals surface area (Å²) in [5.41, 5.74) is 1.02. The number of amides is 1. The predicted molar refractivity (Wildman–Crippen MR) is 87.8 cm³/mol. The summed E-state index contributed by atoms with van der Waals surface area (Å²) >= 11 is 0. The second kappa shape index (κ2) is 5.98. The number of benzene rings is 1. The van der Waals surface area contributed by atoms with Gasteiger partial charge in [0.05, 0.1) is 5.41 Å². The van der Waals surface area contributed by atoms with Gasteiger partial charge in [0.25, 0.3) is 0 Å². The van der Waals surface area contributed by atoms with Crippen molar-refractivity contribution >= 4 is 18.3 Å². The molecule has 2 fully saturated rings. The average molecular weight is 309 g/mol. The van der Waals surface area contributed by atoms with E-state index in [2.05, 4.69) is 22.3 Å². The molecular weight excluding hydrogens is 284 g/mol. The van der Waals surface area contributed by atoms with Gasteiger partial charge in [-0.15, -0.1) is 12.4 Å². The van der Waals surface area contributed by atoms with Crippen LogP contribution >= 0.6 is 12.4 Å². The summed E-state index contributed by atoms with van der Waals surface area (Å²) in [5, 5.41) is 3.45. The average Bonchev–Trinajstić information content (AvgIpc) is 3.10. The molecule has 4 heteroatoms. The standard InChI is InChI=1S/C17H24N2O.ClH/c1-16(2,14-6-4-3-5-7-14)15(20)19-11-9-17(13-19)8-10-18-12-17;/h3-7,18H,8-13H2,1-2H3;1H. The van der Waals surface area contributed by atoms with E-state index in [4.69, 9.17) is 0 Å². The van der Waals surface area contributed by atoms with Crippen LogP contribution in [0, 0.1) is 5.41 Å². The van der Waals surface area contributed by atoms with E-state index in [0.717, 1.165) is 38.2 Å². The van der Waals surface area contributed by atoms with Gasteiger partial charge in [0.1, 0.15) is 0 Å². The number of carbonyl (C=O) groups is 1. The van der Waals surface area contributed by atoms with Crippen molar-refractivity contribution in [2.24, 2.45) is 5.41 Å². The lowest BCUT2D eigenvalue weighted by Crippen LogP contribution is -2.43. The molecule has 0 aromatic heterocycles. The van der Waals surface area contributed by atoms with Crippen LogP contribution in [0.15, 0.2) is 30.3 Å². The lowest BCUT2D eigenvalue weighted by molar-refractivity contribution is -0.135. The molecule has 21 heavy (non-hydrogen) atoms. The maximum Gasteiger partial charge on any atom is 0.232 e. The van der Waals surface area contributed by atoms with E-state index in [1.165, 1.54) is 6.42 Å². The summed E-state index contributed by atoms with van der Waals surface area (Å²) in [6.45, 7) is 8.10. The van der Waals surface area contributed by atoms with Gasteiger partial charge >= 0.3 is 0 Å². The van der Waals surface area contributed by atoms with Gasteiger partial charge in [-0.25, -0.2) is 0 Å². The molecule has 1 aromatic carbocycles. The van der Waals surface area contributed by atoms with E-state index in [9.17, 15) is 4.79 Å². The first kappa shape index (κ1) is 16.3. The van der Waals surface area contributed by atoms with Crippen LogP contribution in [0.25, 0.3) is 0 Å². The zero-order valence-corrected chi connectivity index (χ0v) is 13.7. The molecule has 0 aliphatic carbocycles. The Hall–Kier alpha value is -1.06. The molecule has 2 aliphatic heterocycles. The lowest BCUT2D eigenvalue weighted by atomic mass is 9.83. The highest BCUT2D eigenvalue weighted by atomic mass is 35.5. The molecule has 3 nitrogen and oxygen atoms in total. The van der Waals surface area contributed by atoms with Crippen LogP contribution in [0.3, 0.4) is 0 Å². The molecule has 2 aliphatic rings. The van der Waals surface area contributed by atoms with Crippen molar-refractivity contribution in [3.63, 3.8) is 0 Å². The van der Waals surface area contributed by atoms with Crippen LogP contribution in [-0.2, 0) is 10.2 Å². The minimum Gasteiger partial charge on any atom is -0.341 e. The number of hydrogen-bond acceptors (Lipinski definition) is 2. The Bertz CT molecular complexity index is 495. The fourth-order valence-corrected chi connectivity index (χ4v) is 3.63. The van der Waals surface area contributed by atoms with Gasteiger partial charge in [0.2, 0.25) is 5.91 Å². The molecule has 2 heterocycles. The van der Waals surface area contributed by atoms with Gasteiger partial charge in [-0.2, -0.15) is 0 Å². The van der Waals surface area contributed by atoms with Crippen LogP contribution in [0.2, 0.25) is 0 Å². The van der Waals surface area contributed by atoms with Crippen molar-refractivity contribution in [1.82, 2.24) is 10.2 Å². The zero-order chi connectivity index (χ0) is 14.2. The van der Waals surface area contributed by atoms with Gasteiger partial charge in [-0.1, -0.05) is 30.3 Å². The van der Waals surface area contributed by atoms with E-state index in [0.29, 0.717) is 5.41 Å². The minimum atomic E-state index is -0.432.